The van der Waals surface area contributed by atoms with Gasteiger partial charge in [-0.1, -0.05) is 17.8 Å². The molecule has 19 heavy (non-hydrogen) atoms. The molecule has 3 aromatic rings. The van der Waals surface area contributed by atoms with Gasteiger partial charge in [-0.2, -0.15) is 11.3 Å². The van der Waals surface area contributed by atoms with Crippen LogP contribution < -0.4 is 5.73 Å². The number of rotatable bonds is 4. The van der Waals surface area contributed by atoms with Crippen LogP contribution in [-0.2, 0) is 0 Å². The molecule has 0 aliphatic rings. The average molecular weight is 289 g/mol. The Balaban J connectivity index is 1.88. The van der Waals surface area contributed by atoms with Crippen molar-refractivity contribution >= 4 is 34.1 Å². The Hall–Kier alpha value is -1.30. The van der Waals surface area contributed by atoms with Gasteiger partial charge < -0.3 is 10.7 Å². The molecule has 3 N–H and O–H groups in total. The molecular weight excluding hydrogens is 274 g/mol. The van der Waals surface area contributed by atoms with Crippen LogP contribution in [0.2, 0.25) is 0 Å². The summed E-state index contributed by atoms with van der Waals surface area (Å²) in [6, 6.07) is 8.38. The molecule has 5 heteroatoms. The summed E-state index contributed by atoms with van der Waals surface area (Å²) in [6.45, 7) is 2.69. The Kier molecular flexibility index (Phi) is 3.59. The second-order valence-electron chi connectivity index (χ2n) is 4.46. The number of nitrogens with one attached hydrogen (secondary N) is 1. The third-order valence-corrected chi connectivity index (χ3v) is 4.87. The highest BCUT2D eigenvalue weighted by atomic mass is 32.2. The van der Waals surface area contributed by atoms with E-state index in [1.54, 1.807) is 23.1 Å². The van der Waals surface area contributed by atoms with Crippen LogP contribution >= 0.6 is 23.1 Å². The van der Waals surface area contributed by atoms with Gasteiger partial charge in [-0.15, -0.1) is 0 Å². The van der Waals surface area contributed by atoms with E-state index in [4.69, 9.17) is 5.73 Å². The van der Waals surface area contributed by atoms with E-state index in [9.17, 15) is 0 Å². The van der Waals surface area contributed by atoms with Crippen LogP contribution in [0.4, 0.5) is 0 Å². The normalized spacial score (nSPS) is 12.9. The van der Waals surface area contributed by atoms with Crippen molar-refractivity contribution in [1.82, 2.24) is 9.97 Å². The van der Waals surface area contributed by atoms with Crippen LogP contribution in [0.1, 0.15) is 16.4 Å². The lowest BCUT2D eigenvalue weighted by Gasteiger charge is -2.10. The number of aromatic amines is 1. The van der Waals surface area contributed by atoms with Crippen molar-refractivity contribution in [3.05, 3.63) is 46.2 Å². The van der Waals surface area contributed by atoms with Gasteiger partial charge in [0.15, 0.2) is 5.16 Å². The monoisotopic (exact) mass is 289 g/mol. The van der Waals surface area contributed by atoms with Crippen molar-refractivity contribution in [1.29, 1.82) is 0 Å². The predicted octanol–water partition coefficient (Wildman–Crippen LogP) is 3.72. The smallest absolute Gasteiger partial charge is 0.167 e. The van der Waals surface area contributed by atoms with Crippen molar-refractivity contribution in [3.8, 4) is 0 Å². The number of hydrogen-bond donors (Lipinski definition) is 2. The van der Waals surface area contributed by atoms with Crippen molar-refractivity contribution < 1.29 is 0 Å². The number of nitrogens with two attached hydrogens (primary N) is 1. The van der Waals surface area contributed by atoms with Crippen LogP contribution in [0, 0.1) is 6.92 Å². The van der Waals surface area contributed by atoms with Gasteiger partial charge >= 0.3 is 0 Å². The average Bonchev–Trinajstić information content (AvgIpc) is 3.04. The molecule has 1 unspecified atom stereocenters. The summed E-state index contributed by atoms with van der Waals surface area (Å²) in [5, 5.41) is 5.42. The molecule has 2 aromatic heterocycles. The Morgan fingerprint density at radius 1 is 1.42 bits per heavy atom. The molecule has 0 aliphatic carbocycles. The standard InChI is InChI=1S/C14H15N3S2/c1-9-2-3-11-12(6-9)17-14(16-11)19-13(7-15)10-4-5-18-8-10/h2-6,8,13H,7,15H2,1H3,(H,16,17). The largest absolute Gasteiger partial charge is 0.333 e. The fourth-order valence-corrected chi connectivity index (χ4v) is 3.77. The highest BCUT2D eigenvalue weighted by Gasteiger charge is 2.14. The molecule has 0 saturated carbocycles. The molecule has 0 saturated heterocycles. The van der Waals surface area contributed by atoms with E-state index in [0.717, 1.165) is 16.2 Å². The van der Waals surface area contributed by atoms with Gasteiger partial charge in [0.2, 0.25) is 0 Å². The summed E-state index contributed by atoms with van der Waals surface area (Å²) >= 11 is 3.39. The van der Waals surface area contributed by atoms with Gasteiger partial charge in [-0.05, 0) is 47.0 Å². The Morgan fingerprint density at radius 2 is 2.32 bits per heavy atom. The van der Waals surface area contributed by atoms with E-state index in [-0.39, 0.29) is 5.25 Å². The van der Waals surface area contributed by atoms with Gasteiger partial charge in [0.05, 0.1) is 16.3 Å². The number of aromatic nitrogens is 2. The van der Waals surface area contributed by atoms with Crippen molar-refractivity contribution in [2.75, 3.05) is 6.54 Å². The lowest BCUT2D eigenvalue weighted by Crippen LogP contribution is -2.08. The van der Waals surface area contributed by atoms with Gasteiger partial charge in [-0.25, -0.2) is 4.98 Å². The summed E-state index contributed by atoms with van der Waals surface area (Å²) in [6.07, 6.45) is 0. The van der Waals surface area contributed by atoms with Crippen molar-refractivity contribution in [2.45, 2.75) is 17.3 Å². The number of nitrogens with zero attached hydrogens (tertiary/aromatic N) is 1. The Bertz CT molecular complexity index is 673. The molecular formula is C14H15N3S2. The van der Waals surface area contributed by atoms with Crippen LogP contribution in [0.15, 0.2) is 40.2 Å². The second kappa shape index (κ2) is 5.36. The maximum Gasteiger partial charge on any atom is 0.167 e. The lowest BCUT2D eigenvalue weighted by molar-refractivity contribution is 0.933. The summed E-state index contributed by atoms with van der Waals surface area (Å²) in [5.41, 5.74) is 10.5. The van der Waals surface area contributed by atoms with Crippen molar-refractivity contribution in [2.24, 2.45) is 5.73 Å². The number of thioether (sulfide) groups is 1. The molecule has 1 atom stereocenters. The van der Waals surface area contributed by atoms with Gasteiger partial charge in [0, 0.05) is 6.54 Å². The van der Waals surface area contributed by atoms with E-state index < -0.39 is 0 Å². The minimum Gasteiger partial charge on any atom is -0.333 e. The lowest BCUT2D eigenvalue weighted by atomic mass is 10.2. The summed E-state index contributed by atoms with van der Waals surface area (Å²) in [5.74, 6) is 0. The van der Waals surface area contributed by atoms with E-state index in [2.05, 4.69) is 45.9 Å². The summed E-state index contributed by atoms with van der Waals surface area (Å²) in [4.78, 5) is 7.97. The molecule has 0 fully saturated rings. The number of H-pyrrole nitrogens is 1. The van der Waals surface area contributed by atoms with Crippen LogP contribution in [-0.4, -0.2) is 16.5 Å². The third kappa shape index (κ3) is 2.68. The molecule has 2 heterocycles. The first-order valence-corrected chi connectivity index (χ1v) is 7.93. The van der Waals surface area contributed by atoms with Gasteiger partial charge in [0.1, 0.15) is 0 Å². The summed E-state index contributed by atoms with van der Waals surface area (Å²) in [7, 11) is 0. The number of imidazole rings is 1. The summed E-state index contributed by atoms with van der Waals surface area (Å²) < 4.78 is 0. The van der Waals surface area contributed by atoms with Gasteiger partial charge in [-0.3, -0.25) is 0 Å². The van der Waals surface area contributed by atoms with E-state index in [0.29, 0.717) is 6.54 Å². The number of benzene rings is 1. The van der Waals surface area contributed by atoms with E-state index in [1.807, 2.05) is 6.07 Å². The molecule has 3 rings (SSSR count). The number of fused-ring (bicyclic) bond motifs is 1. The zero-order chi connectivity index (χ0) is 13.2. The van der Waals surface area contributed by atoms with Crippen molar-refractivity contribution in [3.63, 3.8) is 0 Å². The minimum absolute atomic E-state index is 0.257. The predicted molar refractivity (Wildman–Crippen MR) is 82.8 cm³/mol. The maximum absolute atomic E-state index is 5.87. The third-order valence-electron chi connectivity index (χ3n) is 3.00. The first-order valence-electron chi connectivity index (χ1n) is 6.11. The van der Waals surface area contributed by atoms with Crippen LogP contribution in [0.3, 0.4) is 0 Å². The zero-order valence-electron chi connectivity index (χ0n) is 10.6. The first-order chi connectivity index (χ1) is 9.26. The second-order valence-corrected chi connectivity index (χ2v) is 6.43. The van der Waals surface area contributed by atoms with Crippen LogP contribution in [0.25, 0.3) is 11.0 Å². The minimum atomic E-state index is 0.257. The van der Waals surface area contributed by atoms with E-state index >= 15 is 0 Å². The fourth-order valence-electron chi connectivity index (χ4n) is 2.00. The molecule has 0 amide bonds. The molecule has 98 valence electrons. The molecule has 1 aromatic carbocycles. The first kappa shape index (κ1) is 12.7. The number of aryl methyl sites for hydroxylation is 1. The molecule has 3 nitrogen and oxygen atoms in total. The molecule has 0 spiro atoms. The maximum atomic E-state index is 5.87. The number of thiophene rings is 1. The highest BCUT2D eigenvalue weighted by molar-refractivity contribution is 7.99. The fraction of sp³-hybridized carbons (Fsp3) is 0.214. The van der Waals surface area contributed by atoms with Crippen LogP contribution in [0.5, 0.6) is 0 Å². The molecule has 0 radical (unpaired) electrons. The highest BCUT2D eigenvalue weighted by Crippen LogP contribution is 2.34. The quantitative estimate of drug-likeness (QED) is 0.720. The Morgan fingerprint density at radius 3 is 3.05 bits per heavy atom. The molecule has 0 bridgehead atoms. The zero-order valence-corrected chi connectivity index (χ0v) is 12.2. The van der Waals surface area contributed by atoms with Gasteiger partial charge in [0.25, 0.3) is 0 Å². The SMILES string of the molecule is Cc1ccc2nc(SC(CN)c3ccsc3)[nH]c2c1. The molecule has 0 aliphatic heterocycles. The van der Waals surface area contributed by atoms with E-state index in [1.165, 1.54) is 11.1 Å². The Labute approximate surface area is 120 Å². The number of hydrogen-bond acceptors (Lipinski definition) is 4. The topological polar surface area (TPSA) is 54.7 Å².